The lowest BCUT2D eigenvalue weighted by atomic mass is 9.86. The summed E-state index contributed by atoms with van der Waals surface area (Å²) in [5.74, 6) is -0.309. The number of carbonyl (C=O) groups is 2. The molecule has 1 fully saturated rings. The van der Waals surface area contributed by atoms with Crippen molar-refractivity contribution in [3.05, 3.63) is 35.4 Å². The molecule has 23 heavy (non-hydrogen) atoms. The second-order valence-electron chi connectivity index (χ2n) is 7.51. The fourth-order valence-electron chi connectivity index (χ4n) is 2.86. The molecule has 1 atom stereocenters. The van der Waals surface area contributed by atoms with Crippen LogP contribution >= 0.6 is 0 Å². The van der Waals surface area contributed by atoms with Crippen LogP contribution in [0.3, 0.4) is 0 Å². The van der Waals surface area contributed by atoms with Crippen LogP contribution in [0.4, 0.5) is 0 Å². The van der Waals surface area contributed by atoms with Crippen LogP contribution in [0, 0.1) is 0 Å². The molecule has 1 unspecified atom stereocenters. The maximum Gasteiger partial charge on any atom is 0.251 e. The Balaban J connectivity index is 1.91. The van der Waals surface area contributed by atoms with E-state index >= 15 is 0 Å². The van der Waals surface area contributed by atoms with Gasteiger partial charge in [-0.25, -0.2) is 0 Å². The molecule has 0 bridgehead atoms. The molecule has 2 N–H and O–H groups in total. The van der Waals surface area contributed by atoms with E-state index in [2.05, 4.69) is 31.4 Å². The van der Waals surface area contributed by atoms with Crippen molar-refractivity contribution in [3.63, 3.8) is 0 Å². The Morgan fingerprint density at radius 3 is 2.17 bits per heavy atom. The predicted molar refractivity (Wildman–Crippen MR) is 92.5 cm³/mol. The molecule has 126 valence electrons. The van der Waals surface area contributed by atoms with E-state index in [-0.39, 0.29) is 23.3 Å². The van der Waals surface area contributed by atoms with Crippen molar-refractivity contribution >= 4 is 11.8 Å². The Morgan fingerprint density at radius 2 is 1.65 bits per heavy atom. The predicted octanol–water partition coefficient (Wildman–Crippen LogP) is 3.16. The lowest BCUT2D eigenvalue weighted by Crippen LogP contribution is -2.47. The van der Waals surface area contributed by atoms with Gasteiger partial charge in [0.2, 0.25) is 5.91 Å². The zero-order chi connectivity index (χ0) is 17.0. The smallest absolute Gasteiger partial charge is 0.251 e. The molecule has 0 spiro atoms. The number of nitrogens with one attached hydrogen (secondary N) is 2. The zero-order valence-electron chi connectivity index (χ0n) is 14.6. The van der Waals surface area contributed by atoms with Crippen LogP contribution in [0.1, 0.15) is 69.3 Å². The molecule has 4 nitrogen and oxygen atoms in total. The van der Waals surface area contributed by atoms with Crippen LogP contribution in [0.15, 0.2) is 24.3 Å². The lowest BCUT2D eigenvalue weighted by Gasteiger charge is -2.20. The van der Waals surface area contributed by atoms with Crippen LogP contribution in [0.25, 0.3) is 0 Å². The Kier molecular flexibility index (Phi) is 5.45. The Hall–Kier alpha value is -1.84. The summed E-state index contributed by atoms with van der Waals surface area (Å²) < 4.78 is 0. The third kappa shape index (κ3) is 4.81. The molecule has 0 saturated heterocycles. The Morgan fingerprint density at radius 1 is 1.09 bits per heavy atom. The second kappa shape index (κ2) is 7.16. The lowest BCUT2D eigenvalue weighted by molar-refractivity contribution is -0.123. The van der Waals surface area contributed by atoms with Crippen LogP contribution in [-0.4, -0.2) is 23.9 Å². The molecule has 0 aliphatic heterocycles. The molecule has 1 saturated carbocycles. The van der Waals surface area contributed by atoms with Crippen molar-refractivity contribution in [2.75, 3.05) is 0 Å². The molecular formula is C19H28N2O2. The van der Waals surface area contributed by atoms with Crippen molar-refractivity contribution in [2.45, 2.75) is 70.9 Å². The summed E-state index contributed by atoms with van der Waals surface area (Å²) in [6.07, 6.45) is 4.43. The number of hydrogen-bond donors (Lipinski definition) is 2. The molecule has 1 aromatic rings. The van der Waals surface area contributed by atoms with Gasteiger partial charge >= 0.3 is 0 Å². The second-order valence-corrected chi connectivity index (χ2v) is 7.51. The van der Waals surface area contributed by atoms with Crippen LogP contribution in [0.5, 0.6) is 0 Å². The molecule has 1 aliphatic carbocycles. The molecule has 2 amide bonds. The minimum Gasteiger partial charge on any atom is -0.352 e. The first-order chi connectivity index (χ1) is 10.8. The molecule has 2 rings (SSSR count). The monoisotopic (exact) mass is 316 g/mol. The highest BCUT2D eigenvalue weighted by atomic mass is 16.2. The summed E-state index contributed by atoms with van der Waals surface area (Å²) in [6, 6.07) is 7.32. The quantitative estimate of drug-likeness (QED) is 0.896. The van der Waals surface area contributed by atoms with Crippen LogP contribution in [-0.2, 0) is 10.2 Å². The van der Waals surface area contributed by atoms with Gasteiger partial charge in [-0.3, -0.25) is 9.59 Å². The molecule has 4 heteroatoms. The minimum atomic E-state index is -0.523. The van der Waals surface area contributed by atoms with Gasteiger partial charge in [0.1, 0.15) is 6.04 Å². The molecule has 1 aliphatic rings. The van der Waals surface area contributed by atoms with Crippen molar-refractivity contribution in [1.82, 2.24) is 10.6 Å². The maximum atomic E-state index is 12.3. The molecule has 0 aromatic heterocycles. The molecular weight excluding hydrogens is 288 g/mol. The summed E-state index contributed by atoms with van der Waals surface area (Å²) in [5, 5.41) is 5.79. The number of hydrogen-bond acceptors (Lipinski definition) is 2. The van der Waals surface area contributed by atoms with Crippen molar-refractivity contribution in [2.24, 2.45) is 0 Å². The number of carbonyl (C=O) groups excluding carboxylic acids is 2. The average molecular weight is 316 g/mol. The van der Waals surface area contributed by atoms with Gasteiger partial charge < -0.3 is 10.6 Å². The summed E-state index contributed by atoms with van der Waals surface area (Å²) >= 11 is 0. The van der Waals surface area contributed by atoms with Gasteiger partial charge in [0.15, 0.2) is 0 Å². The highest BCUT2D eigenvalue weighted by Gasteiger charge is 2.22. The normalized spacial score (nSPS) is 16.9. The first kappa shape index (κ1) is 17.5. The third-order valence-corrected chi connectivity index (χ3v) is 4.46. The molecule has 1 aromatic carbocycles. The van der Waals surface area contributed by atoms with Crippen molar-refractivity contribution in [1.29, 1.82) is 0 Å². The summed E-state index contributed by atoms with van der Waals surface area (Å²) in [7, 11) is 0. The van der Waals surface area contributed by atoms with E-state index in [4.69, 9.17) is 0 Å². The fraction of sp³-hybridized carbons (Fsp3) is 0.579. The van der Waals surface area contributed by atoms with Crippen LogP contribution < -0.4 is 10.6 Å². The molecule has 0 heterocycles. The Bertz CT molecular complexity index is 552. The van der Waals surface area contributed by atoms with E-state index in [1.807, 2.05) is 24.3 Å². The van der Waals surface area contributed by atoms with Gasteiger partial charge in [0.05, 0.1) is 0 Å². The largest absolute Gasteiger partial charge is 0.352 e. The highest BCUT2D eigenvalue weighted by molar-refractivity contribution is 5.97. The first-order valence-electron chi connectivity index (χ1n) is 8.49. The zero-order valence-corrected chi connectivity index (χ0v) is 14.6. The maximum absolute atomic E-state index is 12.3. The highest BCUT2D eigenvalue weighted by Crippen LogP contribution is 2.22. The SMILES string of the molecule is CC(NC(=O)c1ccc(C(C)(C)C)cc1)C(=O)NC1CCCC1. The number of amides is 2. The van der Waals surface area contributed by atoms with Gasteiger partial charge in [-0.15, -0.1) is 0 Å². The van der Waals surface area contributed by atoms with Gasteiger partial charge in [-0.2, -0.15) is 0 Å². The van der Waals surface area contributed by atoms with Gasteiger partial charge in [-0.1, -0.05) is 45.7 Å². The van der Waals surface area contributed by atoms with Crippen molar-refractivity contribution < 1.29 is 9.59 Å². The van der Waals surface area contributed by atoms with E-state index < -0.39 is 6.04 Å². The van der Waals surface area contributed by atoms with Gasteiger partial charge in [0, 0.05) is 11.6 Å². The van der Waals surface area contributed by atoms with Crippen molar-refractivity contribution in [3.8, 4) is 0 Å². The molecule has 0 radical (unpaired) electrons. The Labute approximate surface area is 139 Å². The van der Waals surface area contributed by atoms with Gasteiger partial charge in [-0.05, 0) is 42.9 Å². The third-order valence-electron chi connectivity index (χ3n) is 4.46. The van der Waals surface area contributed by atoms with Crippen LogP contribution in [0.2, 0.25) is 0 Å². The van der Waals surface area contributed by atoms with E-state index in [0.29, 0.717) is 5.56 Å². The van der Waals surface area contributed by atoms with E-state index in [1.54, 1.807) is 6.92 Å². The van der Waals surface area contributed by atoms with E-state index in [0.717, 1.165) is 12.8 Å². The summed E-state index contributed by atoms with van der Waals surface area (Å²) in [5.41, 5.74) is 1.82. The van der Waals surface area contributed by atoms with E-state index in [9.17, 15) is 9.59 Å². The van der Waals surface area contributed by atoms with Gasteiger partial charge in [0.25, 0.3) is 5.91 Å². The standard InChI is InChI=1S/C19H28N2O2/c1-13(17(22)21-16-7-5-6-8-16)20-18(23)14-9-11-15(12-10-14)19(2,3)4/h9-13,16H,5-8H2,1-4H3,(H,20,23)(H,21,22). The minimum absolute atomic E-state index is 0.0590. The first-order valence-corrected chi connectivity index (χ1v) is 8.49. The fourth-order valence-corrected chi connectivity index (χ4v) is 2.86. The van der Waals surface area contributed by atoms with E-state index in [1.165, 1.54) is 18.4 Å². The topological polar surface area (TPSA) is 58.2 Å². The summed E-state index contributed by atoms with van der Waals surface area (Å²) in [4.78, 5) is 24.4. The number of benzene rings is 1. The average Bonchev–Trinajstić information content (AvgIpc) is 2.99. The number of rotatable bonds is 4. The summed E-state index contributed by atoms with van der Waals surface area (Å²) in [6.45, 7) is 8.14.